The van der Waals surface area contributed by atoms with Crippen molar-refractivity contribution in [3.05, 3.63) is 48.6 Å². The molecule has 0 radical (unpaired) electrons. The van der Waals surface area contributed by atoms with Crippen molar-refractivity contribution in [2.24, 2.45) is 0 Å². The average Bonchev–Trinajstić information content (AvgIpc) is 3.41. The van der Waals surface area contributed by atoms with E-state index in [1.807, 2.05) is 0 Å². The van der Waals surface area contributed by atoms with Gasteiger partial charge in [-0.1, -0.05) is 300 Å². The van der Waals surface area contributed by atoms with E-state index in [1.165, 1.54) is 257 Å². The monoisotopic (exact) mass is 1050 g/mol. The van der Waals surface area contributed by atoms with Gasteiger partial charge in [0.05, 0.1) is 25.4 Å². The molecule has 1 amide bonds. The van der Waals surface area contributed by atoms with Crippen LogP contribution in [-0.4, -0.2) is 47.4 Å². The third-order valence-corrected chi connectivity index (χ3v) is 15.4. The van der Waals surface area contributed by atoms with Crippen LogP contribution in [0.15, 0.2) is 48.6 Å². The number of carbonyl (C=O) groups excluding carboxylic acids is 2. The molecular formula is C69H129NO5. The van der Waals surface area contributed by atoms with Crippen LogP contribution >= 0.6 is 0 Å². The van der Waals surface area contributed by atoms with Crippen molar-refractivity contribution in [1.82, 2.24) is 5.32 Å². The highest BCUT2D eigenvalue weighted by atomic mass is 16.5. The number of nitrogens with one attached hydrogen (secondary N) is 1. The Balaban J connectivity index is 3.45. The number of rotatable bonds is 62. The molecule has 0 aromatic rings. The molecule has 0 aliphatic rings. The van der Waals surface area contributed by atoms with Crippen LogP contribution in [0, 0.1) is 0 Å². The molecule has 0 aromatic heterocycles. The van der Waals surface area contributed by atoms with Gasteiger partial charge in [-0.3, -0.25) is 9.59 Å². The van der Waals surface area contributed by atoms with Gasteiger partial charge in [0.15, 0.2) is 0 Å². The molecule has 0 aliphatic heterocycles. The van der Waals surface area contributed by atoms with E-state index >= 15 is 0 Å². The lowest BCUT2D eigenvalue weighted by Gasteiger charge is -2.22. The van der Waals surface area contributed by atoms with Crippen LogP contribution in [-0.2, 0) is 14.3 Å². The molecule has 0 saturated carbocycles. The van der Waals surface area contributed by atoms with Crippen molar-refractivity contribution in [3.63, 3.8) is 0 Å². The number of aliphatic hydroxyl groups is 2. The van der Waals surface area contributed by atoms with Crippen molar-refractivity contribution in [2.75, 3.05) is 13.2 Å². The minimum Gasteiger partial charge on any atom is -0.466 e. The molecule has 6 nitrogen and oxygen atoms in total. The fraction of sp³-hybridized carbons (Fsp3) is 0.855. The van der Waals surface area contributed by atoms with E-state index in [2.05, 4.69) is 67.8 Å². The average molecular weight is 1050 g/mol. The summed E-state index contributed by atoms with van der Waals surface area (Å²) in [5, 5.41) is 23.4. The van der Waals surface area contributed by atoms with Crippen LogP contribution in [0.4, 0.5) is 0 Å². The van der Waals surface area contributed by atoms with Crippen molar-refractivity contribution in [3.8, 4) is 0 Å². The quantitative estimate of drug-likeness (QED) is 0.0320. The van der Waals surface area contributed by atoms with Crippen molar-refractivity contribution in [1.29, 1.82) is 0 Å². The predicted octanol–water partition coefficient (Wildman–Crippen LogP) is 21.3. The van der Waals surface area contributed by atoms with Gasteiger partial charge in [-0.05, 0) is 89.9 Å². The van der Waals surface area contributed by atoms with Crippen LogP contribution in [0.1, 0.15) is 354 Å². The fourth-order valence-corrected chi connectivity index (χ4v) is 10.2. The second-order valence-electron chi connectivity index (χ2n) is 22.8. The van der Waals surface area contributed by atoms with Gasteiger partial charge in [-0.15, -0.1) is 0 Å². The second-order valence-corrected chi connectivity index (χ2v) is 22.8. The summed E-state index contributed by atoms with van der Waals surface area (Å²) in [5.74, 6) is -0.0439. The van der Waals surface area contributed by atoms with Crippen LogP contribution in [0.3, 0.4) is 0 Å². The maximum absolute atomic E-state index is 12.5. The number of unbranched alkanes of at least 4 members (excludes halogenated alkanes) is 43. The first-order valence-corrected chi connectivity index (χ1v) is 33.4. The number of carbonyl (C=O) groups is 2. The summed E-state index contributed by atoms with van der Waals surface area (Å²) in [7, 11) is 0. The van der Waals surface area contributed by atoms with E-state index in [1.54, 1.807) is 0 Å². The maximum Gasteiger partial charge on any atom is 0.305 e. The Morgan fingerprint density at radius 1 is 0.373 bits per heavy atom. The Labute approximate surface area is 467 Å². The van der Waals surface area contributed by atoms with Gasteiger partial charge >= 0.3 is 5.97 Å². The Bertz CT molecular complexity index is 1260. The summed E-state index contributed by atoms with van der Waals surface area (Å²) in [6.07, 6.45) is 82.7. The smallest absolute Gasteiger partial charge is 0.305 e. The highest BCUT2D eigenvalue weighted by Gasteiger charge is 2.20. The van der Waals surface area contributed by atoms with E-state index in [-0.39, 0.29) is 18.5 Å². The zero-order valence-electron chi connectivity index (χ0n) is 50.3. The van der Waals surface area contributed by atoms with Crippen molar-refractivity contribution >= 4 is 11.9 Å². The van der Waals surface area contributed by atoms with Crippen LogP contribution in [0.25, 0.3) is 0 Å². The summed E-state index contributed by atoms with van der Waals surface area (Å²) in [4.78, 5) is 24.6. The Morgan fingerprint density at radius 2 is 0.667 bits per heavy atom. The van der Waals surface area contributed by atoms with Gasteiger partial charge in [0.25, 0.3) is 0 Å². The summed E-state index contributed by atoms with van der Waals surface area (Å²) in [6.45, 7) is 4.94. The van der Waals surface area contributed by atoms with Gasteiger partial charge in [0.2, 0.25) is 5.91 Å². The number of hydrogen-bond acceptors (Lipinski definition) is 5. The van der Waals surface area contributed by atoms with Gasteiger partial charge in [0, 0.05) is 12.8 Å². The third kappa shape index (κ3) is 60.9. The van der Waals surface area contributed by atoms with Gasteiger partial charge in [-0.2, -0.15) is 0 Å². The minimum atomic E-state index is -0.672. The molecule has 0 rings (SSSR count). The van der Waals surface area contributed by atoms with E-state index in [4.69, 9.17) is 4.74 Å². The summed E-state index contributed by atoms with van der Waals surface area (Å²) < 4.78 is 5.49. The third-order valence-electron chi connectivity index (χ3n) is 15.4. The molecule has 0 aliphatic carbocycles. The molecule has 2 unspecified atom stereocenters. The first-order valence-electron chi connectivity index (χ1n) is 33.4. The molecule has 3 N–H and O–H groups in total. The first kappa shape index (κ1) is 72.8. The number of allylic oxidation sites excluding steroid dienone is 8. The van der Waals surface area contributed by atoms with Crippen LogP contribution in [0.5, 0.6) is 0 Å². The Kier molecular flexibility index (Phi) is 62.5. The van der Waals surface area contributed by atoms with Crippen molar-refractivity contribution in [2.45, 2.75) is 366 Å². The van der Waals surface area contributed by atoms with E-state index < -0.39 is 12.1 Å². The van der Waals surface area contributed by atoms with Crippen LogP contribution in [0.2, 0.25) is 0 Å². The maximum atomic E-state index is 12.5. The molecule has 0 heterocycles. The predicted molar refractivity (Wildman–Crippen MR) is 329 cm³/mol. The first-order chi connectivity index (χ1) is 37.0. The van der Waals surface area contributed by atoms with E-state index in [0.29, 0.717) is 25.9 Å². The summed E-state index contributed by atoms with van der Waals surface area (Å²) in [6, 6.07) is -0.551. The molecule has 2 atom stereocenters. The SMILES string of the molecule is CCCCC/C=C\C/C=C\CCCCCCCCCC(=O)OCCCCCCCCCCC/C=C\C/C=C\CCCCCCCCCC(=O)NC(CO)C(O)CCCCCCCCCCCCCCCCCCCC. The molecule has 0 saturated heterocycles. The van der Waals surface area contributed by atoms with Gasteiger partial charge < -0.3 is 20.3 Å². The molecule has 0 fully saturated rings. The molecule has 0 spiro atoms. The zero-order valence-corrected chi connectivity index (χ0v) is 50.3. The zero-order chi connectivity index (χ0) is 54.3. The second kappa shape index (κ2) is 64.3. The standard InChI is InChI=1S/C69H129NO5/c1-3-5-7-9-11-13-15-17-19-21-30-33-37-41-45-49-53-57-61-67(72)66(65-71)70-68(73)62-58-54-50-46-42-38-34-31-27-25-23-22-24-26-28-32-36-40-44-48-52-56-60-64-75-69(74)63-59-55-51-47-43-39-35-29-20-18-16-14-12-10-8-6-4-2/h12,14,18,20,22,24-25,27,66-67,71-72H,3-11,13,15-17,19,21,23,26,28-65H2,1-2H3,(H,70,73)/b14-12-,20-18-,24-22-,27-25-. The van der Waals surface area contributed by atoms with E-state index in [9.17, 15) is 19.8 Å². The summed E-state index contributed by atoms with van der Waals surface area (Å²) in [5.41, 5.74) is 0. The Hall–Kier alpha value is -2.18. The number of hydrogen-bond donors (Lipinski definition) is 3. The molecule has 6 heteroatoms. The van der Waals surface area contributed by atoms with Gasteiger partial charge in [-0.25, -0.2) is 0 Å². The topological polar surface area (TPSA) is 95.9 Å². The lowest BCUT2D eigenvalue weighted by Crippen LogP contribution is -2.45. The fourth-order valence-electron chi connectivity index (χ4n) is 10.2. The highest BCUT2D eigenvalue weighted by molar-refractivity contribution is 5.76. The van der Waals surface area contributed by atoms with Crippen molar-refractivity contribution < 1.29 is 24.5 Å². The minimum absolute atomic E-state index is 0.000595. The lowest BCUT2D eigenvalue weighted by molar-refractivity contribution is -0.143. The lowest BCUT2D eigenvalue weighted by atomic mass is 10.0. The molecule has 0 bridgehead atoms. The van der Waals surface area contributed by atoms with E-state index in [0.717, 1.165) is 64.2 Å². The molecule has 75 heavy (non-hydrogen) atoms. The Morgan fingerprint density at radius 3 is 1.04 bits per heavy atom. The normalized spacial score (nSPS) is 12.9. The number of esters is 1. The molecule has 0 aromatic carbocycles. The van der Waals surface area contributed by atoms with Gasteiger partial charge in [0.1, 0.15) is 0 Å². The van der Waals surface area contributed by atoms with Crippen LogP contribution < -0.4 is 5.32 Å². The highest BCUT2D eigenvalue weighted by Crippen LogP contribution is 2.18. The largest absolute Gasteiger partial charge is 0.466 e. The molecule has 440 valence electrons. The summed E-state index contributed by atoms with van der Waals surface area (Å²) >= 11 is 0. The number of aliphatic hydroxyl groups excluding tert-OH is 2. The molecular weight excluding hydrogens is 923 g/mol. The number of ether oxygens (including phenoxy) is 1. The number of amides is 1.